The zero-order chi connectivity index (χ0) is 20.8. The Hall–Kier alpha value is -3.80. The SMILES string of the molecule is O=C(Cc1n[nH]c(=O)c2ccccc12)N(CCc1ccccc1)Cc1cccnc1. The number of hydrogen-bond donors (Lipinski definition) is 1. The fraction of sp³-hybridized carbons (Fsp3) is 0.167. The summed E-state index contributed by atoms with van der Waals surface area (Å²) in [7, 11) is 0. The van der Waals surface area contributed by atoms with Gasteiger partial charge in [-0.15, -0.1) is 0 Å². The number of nitrogens with zero attached hydrogens (tertiary/aromatic N) is 3. The van der Waals surface area contributed by atoms with Crippen LogP contribution in [0, 0.1) is 0 Å². The summed E-state index contributed by atoms with van der Waals surface area (Å²) in [6, 6.07) is 21.1. The van der Waals surface area contributed by atoms with Gasteiger partial charge in [0.05, 0.1) is 17.5 Å². The minimum Gasteiger partial charge on any atom is -0.338 e. The second-order valence-corrected chi connectivity index (χ2v) is 7.13. The van der Waals surface area contributed by atoms with Gasteiger partial charge in [-0.2, -0.15) is 5.10 Å². The predicted octanol–water partition coefficient (Wildman–Crippen LogP) is 3.13. The molecule has 4 rings (SSSR count). The van der Waals surface area contributed by atoms with Crippen molar-refractivity contribution in [2.75, 3.05) is 6.54 Å². The molecule has 1 N–H and O–H groups in total. The molecular weight excluding hydrogens is 376 g/mol. The number of carbonyl (C=O) groups excluding carboxylic acids is 1. The lowest BCUT2D eigenvalue weighted by atomic mass is 10.1. The molecule has 2 aromatic carbocycles. The van der Waals surface area contributed by atoms with E-state index in [9.17, 15) is 9.59 Å². The molecule has 1 amide bonds. The Balaban J connectivity index is 1.57. The van der Waals surface area contributed by atoms with Crippen LogP contribution < -0.4 is 5.56 Å². The molecule has 0 unspecified atom stereocenters. The number of nitrogens with one attached hydrogen (secondary N) is 1. The Kier molecular flexibility index (Phi) is 5.94. The molecule has 2 aromatic heterocycles. The molecule has 6 nitrogen and oxygen atoms in total. The summed E-state index contributed by atoms with van der Waals surface area (Å²) in [5.41, 5.74) is 2.47. The van der Waals surface area contributed by atoms with Gasteiger partial charge in [0, 0.05) is 30.9 Å². The molecule has 0 fully saturated rings. The van der Waals surface area contributed by atoms with Crippen LogP contribution in [-0.4, -0.2) is 32.5 Å². The maximum Gasteiger partial charge on any atom is 0.272 e. The molecule has 4 aromatic rings. The van der Waals surface area contributed by atoms with Gasteiger partial charge < -0.3 is 4.90 Å². The first kappa shape index (κ1) is 19.5. The van der Waals surface area contributed by atoms with Gasteiger partial charge in [0.1, 0.15) is 0 Å². The number of amides is 1. The highest BCUT2D eigenvalue weighted by Crippen LogP contribution is 2.15. The lowest BCUT2D eigenvalue weighted by molar-refractivity contribution is -0.131. The molecule has 0 aliphatic heterocycles. The summed E-state index contributed by atoms with van der Waals surface area (Å²) >= 11 is 0. The molecule has 0 radical (unpaired) electrons. The molecule has 0 saturated carbocycles. The highest BCUT2D eigenvalue weighted by atomic mass is 16.2. The van der Waals surface area contributed by atoms with Crippen LogP contribution in [0.2, 0.25) is 0 Å². The largest absolute Gasteiger partial charge is 0.338 e. The molecule has 30 heavy (non-hydrogen) atoms. The average molecular weight is 398 g/mol. The van der Waals surface area contributed by atoms with E-state index >= 15 is 0 Å². The van der Waals surface area contributed by atoms with E-state index in [0.29, 0.717) is 29.6 Å². The summed E-state index contributed by atoms with van der Waals surface area (Å²) in [5, 5.41) is 7.91. The Morgan fingerprint density at radius 3 is 2.40 bits per heavy atom. The van der Waals surface area contributed by atoms with Gasteiger partial charge in [-0.1, -0.05) is 54.6 Å². The van der Waals surface area contributed by atoms with E-state index in [0.717, 1.165) is 12.0 Å². The minimum absolute atomic E-state index is 0.0421. The first-order valence-electron chi connectivity index (χ1n) is 9.87. The number of carbonyl (C=O) groups is 1. The Labute approximate surface area is 174 Å². The first-order chi connectivity index (χ1) is 14.7. The molecule has 0 atom stereocenters. The van der Waals surface area contributed by atoms with Gasteiger partial charge in [-0.3, -0.25) is 14.6 Å². The third-order valence-corrected chi connectivity index (χ3v) is 5.06. The van der Waals surface area contributed by atoms with Crippen LogP contribution in [0.5, 0.6) is 0 Å². The third-order valence-electron chi connectivity index (χ3n) is 5.06. The number of aromatic nitrogens is 3. The fourth-order valence-corrected chi connectivity index (χ4v) is 3.47. The second-order valence-electron chi connectivity index (χ2n) is 7.13. The lowest BCUT2D eigenvalue weighted by Gasteiger charge is -2.23. The number of rotatable bonds is 7. The maximum absolute atomic E-state index is 13.2. The molecule has 2 heterocycles. The molecule has 0 spiro atoms. The van der Waals surface area contributed by atoms with E-state index in [1.54, 1.807) is 24.5 Å². The van der Waals surface area contributed by atoms with Crippen molar-refractivity contribution in [3.8, 4) is 0 Å². The monoisotopic (exact) mass is 398 g/mol. The van der Waals surface area contributed by atoms with Crippen molar-refractivity contribution >= 4 is 16.7 Å². The van der Waals surface area contributed by atoms with E-state index in [1.165, 1.54) is 5.56 Å². The summed E-state index contributed by atoms with van der Waals surface area (Å²) < 4.78 is 0. The minimum atomic E-state index is -0.252. The van der Waals surface area contributed by atoms with Crippen molar-refractivity contribution in [3.63, 3.8) is 0 Å². The summed E-state index contributed by atoms with van der Waals surface area (Å²) in [4.78, 5) is 31.3. The molecule has 150 valence electrons. The van der Waals surface area contributed by atoms with Gasteiger partial charge in [0.25, 0.3) is 5.56 Å². The Morgan fingerprint density at radius 1 is 0.900 bits per heavy atom. The zero-order valence-electron chi connectivity index (χ0n) is 16.5. The number of hydrogen-bond acceptors (Lipinski definition) is 4. The molecular formula is C24H22N4O2. The molecule has 0 aliphatic rings. The topological polar surface area (TPSA) is 79.0 Å². The lowest BCUT2D eigenvalue weighted by Crippen LogP contribution is -2.34. The quantitative estimate of drug-likeness (QED) is 0.519. The normalized spacial score (nSPS) is 10.8. The highest BCUT2D eigenvalue weighted by molar-refractivity contribution is 5.88. The Bertz CT molecular complexity index is 1190. The van der Waals surface area contributed by atoms with Crippen LogP contribution in [0.1, 0.15) is 16.8 Å². The third kappa shape index (κ3) is 4.60. The number of benzene rings is 2. The van der Waals surface area contributed by atoms with E-state index in [4.69, 9.17) is 0 Å². The highest BCUT2D eigenvalue weighted by Gasteiger charge is 2.18. The van der Waals surface area contributed by atoms with Gasteiger partial charge in [-0.05, 0) is 29.7 Å². The molecule has 0 saturated heterocycles. The van der Waals surface area contributed by atoms with Crippen LogP contribution in [0.25, 0.3) is 10.8 Å². The van der Waals surface area contributed by atoms with Crippen LogP contribution in [0.4, 0.5) is 0 Å². The van der Waals surface area contributed by atoms with Crippen molar-refractivity contribution < 1.29 is 4.79 Å². The van der Waals surface area contributed by atoms with Crippen molar-refractivity contribution in [1.82, 2.24) is 20.1 Å². The van der Waals surface area contributed by atoms with E-state index in [-0.39, 0.29) is 17.9 Å². The molecule has 0 bridgehead atoms. The molecule has 6 heteroatoms. The van der Waals surface area contributed by atoms with Crippen molar-refractivity contribution in [1.29, 1.82) is 0 Å². The standard InChI is InChI=1S/C24H22N4O2/c29-23(15-22-20-10-4-5-11-21(20)24(30)27-26-22)28(17-19-9-6-13-25-16-19)14-12-18-7-2-1-3-8-18/h1-11,13,16H,12,14-15,17H2,(H,27,30). The van der Waals surface area contributed by atoms with E-state index in [2.05, 4.69) is 27.3 Å². The summed E-state index contributed by atoms with van der Waals surface area (Å²) in [6.07, 6.45) is 4.37. The van der Waals surface area contributed by atoms with Crippen molar-refractivity contribution in [2.45, 2.75) is 19.4 Å². The van der Waals surface area contributed by atoms with Crippen LogP contribution in [0.15, 0.2) is 83.9 Å². The number of aromatic amines is 1. The van der Waals surface area contributed by atoms with Gasteiger partial charge in [0.2, 0.25) is 5.91 Å². The zero-order valence-corrected chi connectivity index (χ0v) is 16.5. The Morgan fingerprint density at radius 2 is 1.63 bits per heavy atom. The van der Waals surface area contributed by atoms with Crippen LogP contribution in [-0.2, 0) is 24.2 Å². The summed E-state index contributed by atoms with van der Waals surface area (Å²) in [6.45, 7) is 1.06. The summed E-state index contributed by atoms with van der Waals surface area (Å²) in [5.74, 6) is -0.0421. The number of fused-ring (bicyclic) bond motifs is 1. The first-order valence-corrected chi connectivity index (χ1v) is 9.87. The smallest absolute Gasteiger partial charge is 0.272 e. The number of H-pyrrole nitrogens is 1. The van der Waals surface area contributed by atoms with E-state index in [1.807, 2.05) is 47.4 Å². The van der Waals surface area contributed by atoms with Gasteiger partial charge in [-0.25, -0.2) is 5.10 Å². The number of pyridine rings is 1. The second kappa shape index (κ2) is 9.13. The van der Waals surface area contributed by atoms with Crippen molar-refractivity contribution in [3.05, 3.63) is 106 Å². The van der Waals surface area contributed by atoms with Crippen LogP contribution in [0.3, 0.4) is 0 Å². The van der Waals surface area contributed by atoms with Gasteiger partial charge in [0.15, 0.2) is 0 Å². The van der Waals surface area contributed by atoms with Crippen LogP contribution >= 0.6 is 0 Å². The van der Waals surface area contributed by atoms with Crippen molar-refractivity contribution in [2.24, 2.45) is 0 Å². The maximum atomic E-state index is 13.2. The average Bonchev–Trinajstić information content (AvgIpc) is 2.80. The van der Waals surface area contributed by atoms with E-state index < -0.39 is 0 Å². The molecule has 0 aliphatic carbocycles. The fourth-order valence-electron chi connectivity index (χ4n) is 3.47. The predicted molar refractivity (Wildman–Crippen MR) is 116 cm³/mol. The van der Waals surface area contributed by atoms with Gasteiger partial charge >= 0.3 is 0 Å².